The highest BCUT2D eigenvalue weighted by Gasteiger charge is 2.16. The average molecular weight is 244 g/mol. The number of nitrogens with zero attached hydrogens (tertiary/aromatic N) is 1. The number of carbonyl (C=O) groups is 1. The third-order valence-corrected chi connectivity index (χ3v) is 3.27. The van der Waals surface area contributed by atoms with E-state index in [4.69, 9.17) is 4.42 Å². The molecule has 0 saturated carbocycles. The fourth-order valence-electron chi connectivity index (χ4n) is 2.30. The van der Waals surface area contributed by atoms with Gasteiger partial charge in [0.05, 0.1) is 0 Å². The topological polar surface area (TPSA) is 45.5 Å². The molecule has 2 aromatic rings. The van der Waals surface area contributed by atoms with Gasteiger partial charge >= 0.3 is 5.91 Å². The normalized spacial score (nSPS) is 16.9. The molecule has 18 heavy (non-hydrogen) atoms. The number of para-hydroxylation sites is 1. The molecule has 4 heteroatoms. The zero-order valence-electron chi connectivity index (χ0n) is 10.2. The third-order valence-electron chi connectivity index (χ3n) is 3.27. The zero-order valence-corrected chi connectivity index (χ0v) is 10.2. The van der Waals surface area contributed by atoms with E-state index in [2.05, 4.69) is 5.43 Å². The molecule has 1 aromatic carbocycles. The highest BCUT2D eigenvalue weighted by molar-refractivity contribution is 5.95. The van der Waals surface area contributed by atoms with Crippen molar-refractivity contribution in [3.8, 4) is 0 Å². The fourth-order valence-corrected chi connectivity index (χ4v) is 2.30. The molecule has 94 valence electrons. The van der Waals surface area contributed by atoms with E-state index in [9.17, 15) is 4.79 Å². The molecule has 1 amide bonds. The molecule has 1 fully saturated rings. The van der Waals surface area contributed by atoms with E-state index < -0.39 is 0 Å². The first-order valence-corrected chi connectivity index (χ1v) is 6.37. The number of carbonyl (C=O) groups excluding carboxylic acids is 1. The molecular weight excluding hydrogens is 228 g/mol. The minimum absolute atomic E-state index is 0.159. The number of nitrogens with one attached hydrogen (secondary N) is 1. The van der Waals surface area contributed by atoms with Crippen molar-refractivity contribution < 1.29 is 9.21 Å². The molecule has 1 aliphatic rings. The number of furan rings is 1. The standard InChI is InChI=1S/C14H16N2O2/c17-14(15-16-8-4-1-5-9-16)13-10-11-6-2-3-7-12(11)18-13/h2-3,6-7,10H,1,4-5,8-9H2,(H,15,17). The minimum atomic E-state index is -0.159. The largest absolute Gasteiger partial charge is 0.451 e. The first kappa shape index (κ1) is 11.3. The summed E-state index contributed by atoms with van der Waals surface area (Å²) in [5.41, 5.74) is 3.65. The molecule has 0 aliphatic carbocycles. The van der Waals surface area contributed by atoms with Crippen LogP contribution < -0.4 is 5.43 Å². The minimum Gasteiger partial charge on any atom is -0.451 e. The van der Waals surface area contributed by atoms with Crippen LogP contribution >= 0.6 is 0 Å². The van der Waals surface area contributed by atoms with Crippen LogP contribution in [0.4, 0.5) is 0 Å². The van der Waals surface area contributed by atoms with Crippen molar-refractivity contribution in [3.05, 3.63) is 36.1 Å². The third kappa shape index (κ3) is 2.24. The van der Waals surface area contributed by atoms with Gasteiger partial charge in [0.25, 0.3) is 0 Å². The van der Waals surface area contributed by atoms with E-state index >= 15 is 0 Å². The van der Waals surface area contributed by atoms with E-state index in [0.717, 1.165) is 36.9 Å². The number of piperidine rings is 1. The predicted molar refractivity (Wildman–Crippen MR) is 69.1 cm³/mol. The molecule has 1 N–H and O–H groups in total. The summed E-state index contributed by atoms with van der Waals surface area (Å²) in [6.45, 7) is 1.85. The lowest BCUT2D eigenvalue weighted by Gasteiger charge is -2.26. The second kappa shape index (κ2) is 4.82. The summed E-state index contributed by atoms with van der Waals surface area (Å²) in [6.07, 6.45) is 3.53. The van der Waals surface area contributed by atoms with Crippen LogP contribution in [-0.2, 0) is 0 Å². The van der Waals surface area contributed by atoms with Crippen LogP contribution in [0.5, 0.6) is 0 Å². The van der Waals surface area contributed by atoms with Gasteiger partial charge in [-0.2, -0.15) is 0 Å². The van der Waals surface area contributed by atoms with Gasteiger partial charge in [-0.1, -0.05) is 24.6 Å². The maximum absolute atomic E-state index is 12.0. The lowest BCUT2D eigenvalue weighted by molar-refractivity contribution is 0.0723. The Balaban J connectivity index is 1.74. The second-order valence-electron chi connectivity index (χ2n) is 4.64. The van der Waals surface area contributed by atoms with Crippen molar-refractivity contribution >= 4 is 16.9 Å². The van der Waals surface area contributed by atoms with E-state index in [1.165, 1.54) is 6.42 Å². The Labute approximate surface area is 106 Å². The van der Waals surface area contributed by atoms with E-state index in [1.54, 1.807) is 6.07 Å². The van der Waals surface area contributed by atoms with Gasteiger partial charge in [0.2, 0.25) is 0 Å². The molecule has 3 rings (SSSR count). The molecule has 0 unspecified atom stereocenters. The van der Waals surface area contributed by atoms with Gasteiger partial charge in [-0.3, -0.25) is 10.2 Å². The van der Waals surface area contributed by atoms with Crippen molar-refractivity contribution in [2.24, 2.45) is 0 Å². The summed E-state index contributed by atoms with van der Waals surface area (Å²) in [5.74, 6) is 0.217. The quantitative estimate of drug-likeness (QED) is 0.883. The van der Waals surface area contributed by atoms with Crippen molar-refractivity contribution in [1.82, 2.24) is 10.4 Å². The maximum atomic E-state index is 12.0. The van der Waals surface area contributed by atoms with Crippen LogP contribution in [-0.4, -0.2) is 24.0 Å². The van der Waals surface area contributed by atoms with E-state index in [-0.39, 0.29) is 5.91 Å². The van der Waals surface area contributed by atoms with Gasteiger partial charge in [-0.15, -0.1) is 0 Å². The van der Waals surface area contributed by atoms with Gasteiger partial charge in [-0.05, 0) is 25.0 Å². The molecule has 1 saturated heterocycles. The van der Waals surface area contributed by atoms with Crippen molar-refractivity contribution in [2.45, 2.75) is 19.3 Å². The Morgan fingerprint density at radius 3 is 2.72 bits per heavy atom. The number of benzene rings is 1. The first-order chi connectivity index (χ1) is 8.83. The van der Waals surface area contributed by atoms with Crippen molar-refractivity contribution in [1.29, 1.82) is 0 Å². The SMILES string of the molecule is O=C(NN1CCCCC1)c1cc2ccccc2o1. The van der Waals surface area contributed by atoms with E-state index in [0.29, 0.717) is 5.76 Å². The molecule has 2 heterocycles. The summed E-state index contributed by atoms with van der Waals surface area (Å²) in [4.78, 5) is 12.0. The Morgan fingerprint density at radius 1 is 1.17 bits per heavy atom. The number of hydrogen-bond acceptors (Lipinski definition) is 3. The Hall–Kier alpha value is -1.81. The zero-order chi connectivity index (χ0) is 12.4. The summed E-state index contributed by atoms with van der Waals surface area (Å²) in [7, 11) is 0. The monoisotopic (exact) mass is 244 g/mol. The van der Waals surface area contributed by atoms with E-state index in [1.807, 2.05) is 29.3 Å². The first-order valence-electron chi connectivity index (χ1n) is 6.37. The average Bonchev–Trinajstić information content (AvgIpc) is 2.84. The summed E-state index contributed by atoms with van der Waals surface area (Å²) >= 11 is 0. The van der Waals surface area contributed by atoms with Crippen molar-refractivity contribution in [3.63, 3.8) is 0 Å². The molecule has 0 atom stereocenters. The molecule has 0 radical (unpaired) electrons. The number of hydrazine groups is 1. The highest BCUT2D eigenvalue weighted by Crippen LogP contribution is 2.18. The molecule has 4 nitrogen and oxygen atoms in total. The number of hydrogen-bond donors (Lipinski definition) is 1. The van der Waals surface area contributed by atoms with Gasteiger partial charge in [-0.25, -0.2) is 5.01 Å². The maximum Gasteiger partial charge on any atom is 0.301 e. The van der Waals surface area contributed by atoms with Gasteiger partial charge in [0, 0.05) is 18.5 Å². The van der Waals surface area contributed by atoms with Crippen LogP contribution in [0.3, 0.4) is 0 Å². The highest BCUT2D eigenvalue weighted by atomic mass is 16.3. The van der Waals surface area contributed by atoms with Gasteiger partial charge in [0.15, 0.2) is 5.76 Å². The predicted octanol–water partition coefficient (Wildman–Crippen LogP) is 2.56. The smallest absolute Gasteiger partial charge is 0.301 e. The van der Waals surface area contributed by atoms with Crippen LogP contribution in [0, 0.1) is 0 Å². The van der Waals surface area contributed by atoms with Gasteiger partial charge < -0.3 is 4.42 Å². The Morgan fingerprint density at radius 2 is 1.94 bits per heavy atom. The van der Waals surface area contributed by atoms with Crippen LogP contribution in [0.1, 0.15) is 29.8 Å². The fraction of sp³-hybridized carbons (Fsp3) is 0.357. The lowest BCUT2D eigenvalue weighted by Crippen LogP contribution is -2.44. The molecule has 0 spiro atoms. The molecule has 1 aromatic heterocycles. The summed E-state index contributed by atoms with van der Waals surface area (Å²) in [5, 5.41) is 2.93. The molecular formula is C14H16N2O2. The van der Waals surface area contributed by atoms with Crippen LogP contribution in [0.2, 0.25) is 0 Å². The number of fused-ring (bicyclic) bond motifs is 1. The Kier molecular flexibility index (Phi) is 3.02. The molecule has 0 bridgehead atoms. The lowest BCUT2D eigenvalue weighted by atomic mass is 10.2. The van der Waals surface area contributed by atoms with Crippen LogP contribution in [0.15, 0.2) is 34.7 Å². The number of rotatable bonds is 2. The molecule has 1 aliphatic heterocycles. The number of amides is 1. The Bertz CT molecular complexity index is 523. The summed E-state index contributed by atoms with van der Waals surface area (Å²) in [6, 6.07) is 9.43. The second-order valence-corrected chi connectivity index (χ2v) is 4.64. The van der Waals surface area contributed by atoms with Gasteiger partial charge in [0.1, 0.15) is 5.58 Å². The van der Waals surface area contributed by atoms with Crippen LogP contribution in [0.25, 0.3) is 11.0 Å². The summed E-state index contributed by atoms with van der Waals surface area (Å²) < 4.78 is 5.53. The van der Waals surface area contributed by atoms with Crippen molar-refractivity contribution in [2.75, 3.05) is 13.1 Å².